The van der Waals surface area contributed by atoms with Crippen LogP contribution in [0, 0.1) is 5.82 Å². The number of anilines is 1. The summed E-state index contributed by atoms with van der Waals surface area (Å²) in [6, 6.07) is 13.9. The molecular formula is C22H26FNO2. The summed E-state index contributed by atoms with van der Waals surface area (Å²) >= 11 is 0. The van der Waals surface area contributed by atoms with E-state index in [9.17, 15) is 9.18 Å². The van der Waals surface area contributed by atoms with Gasteiger partial charge in [-0.25, -0.2) is 4.39 Å². The zero-order valence-corrected chi connectivity index (χ0v) is 15.3. The van der Waals surface area contributed by atoms with E-state index >= 15 is 0 Å². The lowest BCUT2D eigenvalue weighted by Gasteiger charge is -2.36. The largest absolute Gasteiger partial charge is 0.494 e. The van der Waals surface area contributed by atoms with E-state index < -0.39 is 5.41 Å². The molecular weight excluding hydrogens is 329 g/mol. The fourth-order valence-corrected chi connectivity index (χ4v) is 3.68. The van der Waals surface area contributed by atoms with Gasteiger partial charge in [-0.1, -0.05) is 38.3 Å². The highest BCUT2D eigenvalue weighted by Gasteiger charge is 2.41. The van der Waals surface area contributed by atoms with E-state index in [0.29, 0.717) is 6.61 Å². The van der Waals surface area contributed by atoms with Gasteiger partial charge in [-0.15, -0.1) is 0 Å². The summed E-state index contributed by atoms with van der Waals surface area (Å²) in [6.45, 7) is 2.74. The second-order valence-corrected chi connectivity index (χ2v) is 6.98. The van der Waals surface area contributed by atoms with Crippen molar-refractivity contribution in [2.75, 3.05) is 11.9 Å². The van der Waals surface area contributed by atoms with Crippen LogP contribution in [0.3, 0.4) is 0 Å². The van der Waals surface area contributed by atoms with Crippen molar-refractivity contribution >= 4 is 11.6 Å². The van der Waals surface area contributed by atoms with Crippen LogP contribution in [0.5, 0.6) is 5.75 Å². The molecule has 0 saturated heterocycles. The van der Waals surface area contributed by atoms with Crippen molar-refractivity contribution in [2.45, 2.75) is 50.9 Å². The molecule has 1 aliphatic carbocycles. The minimum absolute atomic E-state index is 0.00830. The van der Waals surface area contributed by atoms with Crippen LogP contribution in [0.1, 0.15) is 51.0 Å². The van der Waals surface area contributed by atoms with E-state index in [4.69, 9.17) is 4.74 Å². The topological polar surface area (TPSA) is 38.3 Å². The molecule has 3 nitrogen and oxygen atoms in total. The van der Waals surface area contributed by atoms with Crippen molar-refractivity contribution in [3.05, 3.63) is 59.9 Å². The van der Waals surface area contributed by atoms with Crippen molar-refractivity contribution in [1.82, 2.24) is 0 Å². The molecule has 0 spiro atoms. The third-order valence-corrected chi connectivity index (χ3v) is 5.12. The van der Waals surface area contributed by atoms with Crippen LogP contribution in [-0.2, 0) is 10.2 Å². The molecule has 1 aliphatic rings. The summed E-state index contributed by atoms with van der Waals surface area (Å²) in [6.07, 6.45) is 5.70. The molecule has 0 bridgehead atoms. The van der Waals surface area contributed by atoms with Gasteiger partial charge in [0, 0.05) is 5.69 Å². The number of ether oxygens (including phenoxy) is 1. The maximum atomic E-state index is 13.3. The molecule has 3 rings (SSSR count). The van der Waals surface area contributed by atoms with Crippen LogP contribution < -0.4 is 10.1 Å². The highest BCUT2D eigenvalue weighted by atomic mass is 19.1. The van der Waals surface area contributed by atoms with Crippen LogP contribution >= 0.6 is 0 Å². The fourth-order valence-electron chi connectivity index (χ4n) is 3.68. The molecule has 0 heterocycles. The molecule has 0 atom stereocenters. The Balaban J connectivity index is 1.78. The van der Waals surface area contributed by atoms with Gasteiger partial charge in [0.05, 0.1) is 12.0 Å². The lowest BCUT2D eigenvalue weighted by molar-refractivity contribution is -0.122. The zero-order valence-electron chi connectivity index (χ0n) is 15.3. The summed E-state index contributed by atoms with van der Waals surface area (Å²) in [5.41, 5.74) is 1.08. The fraction of sp³-hybridized carbons (Fsp3) is 0.409. The Morgan fingerprint density at radius 1 is 1.04 bits per heavy atom. The van der Waals surface area contributed by atoms with E-state index in [0.717, 1.165) is 55.5 Å². The molecule has 2 aromatic rings. The number of hydrogen-bond donors (Lipinski definition) is 1. The SMILES string of the molecule is CCCOc1ccc(NC(=O)C2(c3ccc(F)cc3)CCCCC2)cc1. The van der Waals surface area contributed by atoms with E-state index in [1.807, 2.05) is 24.3 Å². The molecule has 1 fully saturated rings. The second kappa shape index (κ2) is 8.35. The molecule has 1 saturated carbocycles. The maximum Gasteiger partial charge on any atom is 0.235 e. The first kappa shape index (κ1) is 18.4. The summed E-state index contributed by atoms with van der Waals surface area (Å²) in [5.74, 6) is 0.518. The molecule has 0 radical (unpaired) electrons. The average molecular weight is 355 g/mol. The van der Waals surface area contributed by atoms with Gasteiger partial charge in [0.2, 0.25) is 5.91 Å². The summed E-state index contributed by atoms with van der Waals surface area (Å²) in [7, 11) is 0. The Bertz CT molecular complexity index is 719. The third-order valence-electron chi connectivity index (χ3n) is 5.12. The van der Waals surface area contributed by atoms with Crippen molar-refractivity contribution in [2.24, 2.45) is 0 Å². The van der Waals surface area contributed by atoms with Crippen molar-refractivity contribution in [3.8, 4) is 5.75 Å². The lowest BCUT2D eigenvalue weighted by atomic mass is 9.68. The molecule has 1 N–H and O–H groups in total. The Hall–Kier alpha value is -2.36. The second-order valence-electron chi connectivity index (χ2n) is 6.98. The predicted molar refractivity (Wildman–Crippen MR) is 102 cm³/mol. The minimum atomic E-state index is -0.580. The Labute approximate surface area is 154 Å². The number of rotatable bonds is 6. The first-order valence-electron chi connectivity index (χ1n) is 9.44. The van der Waals surface area contributed by atoms with Gasteiger partial charge >= 0.3 is 0 Å². The first-order chi connectivity index (χ1) is 12.6. The van der Waals surface area contributed by atoms with E-state index in [2.05, 4.69) is 12.2 Å². The van der Waals surface area contributed by atoms with Crippen LogP contribution in [0.2, 0.25) is 0 Å². The van der Waals surface area contributed by atoms with E-state index in [-0.39, 0.29) is 11.7 Å². The van der Waals surface area contributed by atoms with Crippen molar-refractivity contribution in [1.29, 1.82) is 0 Å². The monoisotopic (exact) mass is 355 g/mol. The lowest BCUT2D eigenvalue weighted by Crippen LogP contribution is -2.42. The summed E-state index contributed by atoms with van der Waals surface area (Å²) < 4.78 is 18.9. The van der Waals surface area contributed by atoms with Gasteiger partial charge in [0.1, 0.15) is 11.6 Å². The van der Waals surface area contributed by atoms with Crippen LogP contribution in [0.4, 0.5) is 10.1 Å². The molecule has 1 amide bonds. The van der Waals surface area contributed by atoms with Crippen LogP contribution in [-0.4, -0.2) is 12.5 Å². The Kier molecular flexibility index (Phi) is 5.92. The maximum absolute atomic E-state index is 13.3. The molecule has 26 heavy (non-hydrogen) atoms. The Morgan fingerprint density at radius 2 is 1.69 bits per heavy atom. The smallest absolute Gasteiger partial charge is 0.235 e. The molecule has 4 heteroatoms. The molecule has 0 aromatic heterocycles. The normalized spacial score (nSPS) is 16.1. The van der Waals surface area contributed by atoms with Crippen molar-refractivity contribution < 1.29 is 13.9 Å². The van der Waals surface area contributed by atoms with Crippen LogP contribution in [0.15, 0.2) is 48.5 Å². The predicted octanol–water partition coefficient (Wildman–Crippen LogP) is 5.46. The Morgan fingerprint density at radius 3 is 2.31 bits per heavy atom. The van der Waals surface area contributed by atoms with Crippen molar-refractivity contribution in [3.63, 3.8) is 0 Å². The number of carbonyl (C=O) groups is 1. The summed E-state index contributed by atoms with van der Waals surface area (Å²) in [4.78, 5) is 13.2. The quantitative estimate of drug-likeness (QED) is 0.748. The highest BCUT2D eigenvalue weighted by molar-refractivity contribution is 5.99. The van der Waals surface area contributed by atoms with Crippen LogP contribution in [0.25, 0.3) is 0 Å². The highest BCUT2D eigenvalue weighted by Crippen LogP contribution is 2.40. The zero-order chi connectivity index (χ0) is 18.4. The standard InChI is InChI=1S/C22H26FNO2/c1-2-16-26-20-12-10-19(11-13-20)24-21(25)22(14-4-3-5-15-22)17-6-8-18(23)9-7-17/h6-13H,2-5,14-16H2,1H3,(H,24,25). The average Bonchev–Trinajstić information content (AvgIpc) is 2.68. The summed E-state index contributed by atoms with van der Waals surface area (Å²) in [5, 5.41) is 3.06. The first-order valence-corrected chi connectivity index (χ1v) is 9.44. The molecule has 138 valence electrons. The van der Waals surface area contributed by atoms with E-state index in [1.54, 1.807) is 12.1 Å². The van der Waals surface area contributed by atoms with Gasteiger partial charge in [-0.05, 0) is 61.2 Å². The number of amides is 1. The van der Waals surface area contributed by atoms with Gasteiger partial charge < -0.3 is 10.1 Å². The number of benzene rings is 2. The van der Waals surface area contributed by atoms with Gasteiger partial charge in [0.15, 0.2) is 0 Å². The third kappa shape index (κ3) is 4.06. The minimum Gasteiger partial charge on any atom is -0.494 e. The number of hydrogen-bond acceptors (Lipinski definition) is 2. The van der Waals surface area contributed by atoms with Gasteiger partial charge in [-0.3, -0.25) is 4.79 Å². The van der Waals surface area contributed by atoms with Gasteiger partial charge in [0.25, 0.3) is 0 Å². The molecule has 2 aromatic carbocycles. The number of halogens is 1. The molecule has 0 unspecified atom stereocenters. The molecule has 0 aliphatic heterocycles. The van der Waals surface area contributed by atoms with E-state index in [1.165, 1.54) is 12.1 Å². The number of nitrogens with one attached hydrogen (secondary N) is 1. The van der Waals surface area contributed by atoms with Gasteiger partial charge in [-0.2, -0.15) is 0 Å². The number of carbonyl (C=O) groups excluding carboxylic acids is 1.